The standard InChI is InChI=1S/C16H18ClNO/c1-16(18,11-12-6-4-3-5-7-12)13-8-9-14(17)15(10-13)19-2/h3-10H,11,18H2,1-2H3. The molecule has 0 spiro atoms. The fourth-order valence-corrected chi connectivity index (χ4v) is 2.33. The number of benzene rings is 2. The highest BCUT2D eigenvalue weighted by atomic mass is 35.5. The van der Waals surface area contributed by atoms with Gasteiger partial charge in [0, 0.05) is 5.54 Å². The van der Waals surface area contributed by atoms with Crippen molar-refractivity contribution in [3.8, 4) is 5.75 Å². The Labute approximate surface area is 119 Å². The smallest absolute Gasteiger partial charge is 0.137 e. The molecular weight excluding hydrogens is 258 g/mol. The molecule has 0 heterocycles. The zero-order valence-corrected chi connectivity index (χ0v) is 11.9. The van der Waals surface area contributed by atoms with Crippen LogP contribution in [0.4, 0.5) is 0 Å². The Bertz CT molecular complexity index is 552. The van der Waals surface area contributed by atoms with Crippen LogP contribution < -0.4 is 10.5 Å². The molecule has 2 nitrogen and oxygen atoms in total. The second kappa shape index (κ2) is 5.64. The summed E-state index contributed by atoms with van der Waals surface area (Å²) in [5.41, 5.74) is 8.21. The topological polar surface area (TPSA) is 35.2 Å². The van der Waals surface area contributed by atoms with Crippen LogP contribution in [0.5, 0.6) is 5.75 Å². The van der Waals surface area contributed by atoms with Crippen molar-refractivity contribution in [1.82, 2.24) is 0 Å². The minimum atomic E-state index is -0.459. The Morgan fingerprint density at radius 1 is 1.16 bits per heavy atom. The third kappa shape index (κ3) is 3.28. The van der Waals surface area contributed by atoms with Gasteiger partial charge >= 0.3 is 0 Å². The maximum atomic E-state index is 6.45. The summed E-state index contributed by atoms with van der Waals surface area (Å²) < 4.78 is 5.24. The van der Waals surface area contributed by atoms with E-state index in [0.29, 0.717) is 10.8 Å². The number of hydrogen-bond donors (Lipinski definition) is 1. The molecule has 3 heteroatoms. The van der Waals surface area contributed by atoms with Crippen molar-refractivity contribution >= 4 is 11.6 Å². The number of hydrogen-bond acceptors (Lipinski definition) is 2. The molecular formula is C16H18ClNO. The molecule has 100 valence electrons. The van der Waals surface area contributed by atoms with Crippen LogP contribution in [0.1, 0.15) is 18.1 Å². The van der Waals surface area contributed by atoms with Crippen molar-refractivity contribution in [1.29, 1.82) is 0 Å². The van der Waals surface area contributed by atoms with E-state index in [1.165, 1.54) is 5.56 Å². The summed E-state index contributed by atoms with van der Waals surface area (Å²) in [5.74, 6) is 0.656. The molecule has 2 rings (SSSR count). The van der Waals surface area contributed by atoms with Gasteiger partial charge in [-0.25, -0.2) is 0 Å². The zero-order chi connectivity index (χ0) is 13.9. The lowest BCUT2D eigenvalue weighted by atomic mass is 9.86. The lowest BCUT2D eigenvalue weighted by Gasteiger charge is -2.26. The molecule has 0 amide bonds. The van der Waals surface area contributed by atoms with Gasteiger partial charge in [-0.05, 0) is 36.6 Å². The van der Waals surface area contributed by atoms with Gasteiger partial charge in [0.05, 0.1) is 12.1 Å². The lowest BCUT2D eigenvalue weighted by Crippen LogP contribution is -2.35. The quantitative estimate of drug-likeness (QED) is 0.922. The van der Waals surface area contributed by atoms with Crippen molar-refractivity contribution in [2.75, 3.05) is 7.11 Å². The summed E-state index contributed by atoms with van der Waals surface area (Å²) in [4.78, 5) is 0. The van der Waals surface area contributed by atoms with Crippen LogP contribution in [0, 0.1) is 0 Å². The SMILES string of the molecule is COc1cc(C(C)(N)Cc2ccccc2)ccc1Cl. The van der Waals surface area contributed by atoms with Crippen LogP contribution in [0.25, 0.3) is 0 Å². The molecule has 0 aliphatic carbocycles. The van der Waals surface area contributed by atoms with E-state index in [2.05, 4.69) is 12.1 Å². The molecule has 0 aliphatic rings. The third-order valence-corrected chi connectivity index (χ3v) is 3.54. The lowest BCUT2D eigenvalue weighted by molar-refractivity contribution is 0.411. The Hall–Kier alpha value is -1.51. The molecule has 1 atom stereocenters. The fraction of sp³-hybridized carbons (Fsp3) is 0.250. The van der Waals surface area contributed by atoms with Gasteiger partial charge in [-0.15, -0.1) is 0 Å². The average Bonchev–Trinajstić information content (AvgIpc) is 2.39. The minimum Gasteiger partial charge on any atom is -0.495 e. The largest absolute Gasteiger partial charge is 0.495 e. The van der Waals surface area contributed by atoms with Gasteiger partial charge in [0.1, 0.15) is 5.75 Å². The highest BCUT2D eigenvalue weighted by Crippen LogP contribution is 2.30. The zero-order valence-electron chi connectivity index (χ0n) is 11.2. The first kappa shape index (κ1) is 13.9. The van der Waals surface area contributed by atoms with Gasteiger partial charge in [0.25, 0.3) is 0 Å². The van der Waals surface area contributed by atoms with Crippen LogP contribution in [0.15, 0.2) is 48.5 Å². The summed E-state index contributed by atoms with van der Waals surface area (Å²) in [5, 5.41) is 0.599. The molecule has 19 heavy (non-hydrogen) atoms. The van der Waals surface area contributed by atoms with Gasteiger partial charge < -0.3 is 10.5 Å². The molecule has 2 N–H and O–H groups in total. The Morgan fingerprint density at radius 3 is 2.47 bits per heavy atom. The maximum absolute atomic E-state index is 6.45. The summed E-state index contributed by atoms with van der Waals surface area (Å²) in [6.45, 7) is 2.02. The monoisotopic (exact) mass is 275 g/mol. The van der Waals surface area contributed by atoms with Crippen molar-refractivity contribution in [2.45, 2.75) is 18.9 Å². The van der Waals surface area contributed by atoms with Gasteiger partial charge in [-0.2, -0.15) is 0 Å². The van der Waals surface area contributed by atoms with E-state index in [9.17, 15) is 0 Å². The normalized spacial score (nSPS) is 13.9. The summed E-state index contributed by atoms with van der Waals surface area (Å²) in [7, 11) is 1.61. The molecule has 0 aliphatic heterocycles. The van der Waals surface area contributed by atoms with Gasteiger partial charge in [0.2, 0.25) is 0 Å². The van der Waals surface area contributed by atoms with E-state index >= 15 is 0 Å². The predicted octanol–water partition coefficient (Wildman–Crippen LogP) is 3.77. The summed E-state index contributed by atoms with van der Waals surface area (Å²) >= 11 is 6.04. The van der Waals surface area contributed by atoms with E-state index in [1.807, 2.05) is 43.3 Å². The molecule has 2 aromatic rings. The number of ether oxygens (including phenoxy) is 1. The highest BCUT2D eigenvalue weighted by Gasteiger charge is 2.22. The van der Waals surface area contributed by atoms with Gasteiger partial charge in [-0.3, -0.25) is 0 Å². The van der Waals surface area contributed by atoms with E-state index in [-0.39, 0.29) is 0 Å². The molecule has 0 radical (unpaired) electrons. The van der Waals surface area contributed by atoms with E-state index in [0.717, 1.165) is 12.0 Å². The van der Waals surface area contributed by atoms with Crippen LogP contribution in [-0.4, -0.2) is 7.11 Å². The van der Waals surface area contributed by atoms with Crippen LogP contribution in [0.3, 0.4) is 0 Å². The fourth-order valence-electron chi connectivity index (χ4n) is 2.14. The Balaban J connectivity index is 2.28. The summed E-state index contributed by atoms with van der Waals surface area (Å²) in [6.07, 6.45) is 0.763. The minimum absolute atomic E-state index is 0.459. The molecule has 2 aromatic carbocycles. The second-order valence-electron chi connectivity index (χ2n) is 4.93. The van der Waals surface area contributed by atoms with E-state index in [4.69, 9.17) is 22.1 Å². The maximum Gasteiger partial charge on any atom is 0.137 e. The summed E-state index contributed by atoms with van der Waals surface area (Å²) in [6, 6.07) is 15.9. The van der Waals surface area contributed by atoms with Crippen molar-refractivity contribution < 1.29 is 4.74 Å². The van der Waals surface area contributed by atoms with Crippen LogP contribution in [0.2, 0.25) is 5.02 Å². The van der Waals surface area contributed by atoms with E-state index < -0.39 is 5.54 Å². The van der Waals surface area contributed by atoms with Gasteiger partial charge in [-0.1, -0.05) is 48.0 Å². The van der Waals surface area contributed by atoms with Crippen molar-refractivity contribution in [2.24, 2.45) is 5.73 Å². The molecule has 0 bridgehead atoms. The molecule has 0 saturated heterocycles. The van der Waals surface area contributed by atoms with Crippen molar-refractivity contribution in [3.63, 3.8) is 0 Å². The second-order valence-corrected chi connectivity index (χ2v) is 5.34. The first-order valence-electron chi connectivity index (χ1n) is 6.20. The number of rotatable bonds is 4. The molecule has 1 unspecified atom stereocenters. The number of methoxy groups -OCH3 is 1. The van der Waals surface area contributed by atoms with Crippen molar-refractivity contribution in [3.05, 3.63) is 64.7 Å². The number of halogens is 1. The number of nitrogens with two attached hydrogens (primary N) is 1. The van der Waals surface area contributed by atoms with Gasteiger partial charge in [0.15, 0.2) is 0 Å². The average molecular weight is 276 g/mol. The van der Waals surface area contributed by atoms with Crippen LogP contribution >= 0.6 is 11.6 Å². The first-order valence-corrected chi connectivity index (χ1v) is 6.57. The van der Waals surface area contributed by atoms with Crippen LogP contribution in [-0.2, 0) is 12.0 Å². The predicted molar refractivity (Wildman–Crippen MR) is 79.7 cm³/mol. The van der Waals surface area contributed by atoms with E-state index in [1.54, 1.807) is 7.11 Å². The molecule has 0 saturated carbocycles. The Morgan fingerprint density at radius 2 is 1.84 bits per heavy atom. The third-order valence-electron chi connectivity index (χ3n) is 3.22. The molecule has 0 aromatic heterocycles. The highest BCUT2D eigenvalue weighted by molar-refractivity contribution is 6.32. The Kier molecular flexibility index (Phi) is 4.13. The molecule has 0 fully saturated rings. The first-order chi connectivity index (χ1) is 9.03.